The number of rotatable bonds is 6. The van der Waals surface area contributed by atoms with Crippen LogP contribution in [0.25, 0.3) is 0 Å². The molecule has 1 aliphatic heterocycles. The third-order valence-corrected chi connectivity index (χ3v) is 4.89. The van der Waals surface area contributed by atoms with E-state index < -0.39 is 17.6 Å². The maximum Gasteiger partial charge on any atom is 0.173 e. The second-order valence-electron chi connectivity index (χ2n) is 5.59. The summed E-state index contributed by atoms with van der Waals surface area (Å²) in [5.74, 6) is -0.121. The highest BCUT2D eigenvalue weighted by atomic mass is 32.2. The first-order valence-corrected chi connectivity index (χ1v) is 8.83. The maximum atomic E-state index is 10.5. The van der Waals surface area contributed by atoms with Crippen LogP contribution in [-0.4, -0.2) is 39.6 Å². The summed E-state index contributed by atoms with van der Waals surface area (Å²) in [4.78, 5) is 0.898. The number of aliphatic hydroxyl groups excluding tert-OH is 3. The van der Waals surface area contributed by atoms with Crippen LogP contribution >= 0.6 is 11.8 Å². The van der Waals surface area contributed by atoms with Crippen molar-refractivity contribution in [3.63, 3.8) is 0 Å². The molecule has 3 rings (SSSR count). The lowest BCUT2D eigenvalue weighted by molar-refractivity contribution is -0.101. The van der Waals surface area contributed by atoms with Gasteiger partial charge in [-0.1, -0.05) is 60.3 Å². The Hall–Kier alpha value is -1.99. The zero-order chi connectivity index (χ0) is 17.6. The molecular weight excluding hydrogens is 340 g/mol. The Balaban J connectivity index is 1.79. The molecule has 132 valence electrons. The normalized spacial score (nSPS) is 23.5. The van der Waals surface area contributed by atoms with Crippen LogP contribution in [0.3, 0.4) is 0 Å². The summed E-state index contributed by atoms with van der Waals surface area (Å²) in [6.07, 6.45) is -2.08. The van der Waals surface area contributed by atoms with Crippen molar-refractivity contribution in [3.05, 3.63) is 77.7 Å². The van der Waals surface area contributed by atoms with Crippen LogP contribution in [0.1, 0.15) is 5.56 Å². The first-order chi connectivity index (χ1) is 12.2. The average Bonchev–Trinajstić information content (AvgIpc) is 2.65. The van der Waals surface area contributed by atoms with Gasteiger partial charge in [-0.3, -0.25) is 0 Å². The molecular formula is C19H20O5S. The second-order valence-corrected chi connectivity index (χ2v) is 6.72. The molecule has 0 bridgehead atoms. The fourth-order valence-corrected chi connectivity index (χ4v) is 3.47. The quantitative estimate of drug-likeness (QED) is 0.735. The monoisotopic (exact) mass is 360 g/mol. The highest BCUT2D eigenvalue weighted by Gasteiger charge is 2.38. The number of ether oxygens (including phenoxy) is 2. The largest absolute Gasteiger partial charge is 0.506 e. The lowest BCUT2D eigenvalue weighted by Crippen LogP contribution is -2.43. The molecule has 3 N–H and O–H groups in total. The summed E-state index contributed by atoms with van der Waals surface area (Å²) in [5, 5.41) is 30.3. The van der Waals surface area contributed by atoms with Gasteiger partial charge in [0.2, 0.25) is 0 Å². The van der Waals surface area contributed by atoms with Gasteiger partial charge >= 0.3 is 0 Å². The Labute approximate surface area is 150 Å². The molecule has 3 atom stereocenters. The summed E-state index contributed by atoms with van der Waals surface area (Å²) >= 11 is 1.29. The van der Waals surface area contributed by atoms with E-state index >= 15 is 0 Å². The fraction of sp³-hybridized carbons (Fsp3) is 0.263. The Bertz CT molecular complexity index is 704. The molecule has 2 aromatic carbocycles. The van der Waals surface area contributed by atoms with Gasteiger partial charge in [-0.05, 0) is 17.7 Å². The molecule has 0 radical (unpaired) electrons. The first-order valence-electron chi connectivity index (χ1n) is 7.95. The van der Waals surface area contributed by atoms with Crippen molar-refractivity contribution in [2.24, 2.45) is 0 Å². The van der Waals surface area contributed by atoms with E-state index in [2.05, 4.69) is 0 Å². The molecule has 0 saturated carbocycles. The highest BCUT2D eigenvalue weighted by Crippen LogP contribution is 2.35. The molecule has 1 aliphatic rings. The van der Waals surface area contributed by atoms with Crippen LogP contribution in [0.15, 0.2) is 77.1 Å². The predicted octanol–water partition coefficient (Wildman–Crippen LogP) is 2.84. The highest BCUT2D eigenvalue weighted by molar-refractivity contribution is 8.00. The summed E-state index contributed by atoms with van der Waals surface area (Å²) in [5.41, 5.74) is 0.156. The molecule has 6 heteroatoms. The van der Waals surface area contributed by atoms with Crippen molar-refractivity contribution in [3.8, 4) is 0 Å². The van der Waals surface area contributed by atoms with Crippen molar-refractivity contribution in [2.45, 2.75) is 29.1 Å². The molecule has 1 unspecified atom stereocenters. The number of aliphatic hydroxyl groups is 3. The van der Waals surface area contributed by atoms with E-state index in [1.54, 1.807) is 0 Å². The summed E-state index contributed by atoms with van der Waals surface area (Å²) in [7, 11) is 0. The van der Waals surface area contributed by atoms with Gasteiger partial charge in [0.25, 0.3) is 0 Å². The number of benzene rings is 2. The summed E-state index contributed by atoms with van der Waals surface area (Å²) in [6, 6.07) is 18.9. The molecule has 0 aromatic heterocycles. The van der Waals surface area contributed by atoms with E-state index in [4.69, 9.17) is 9.47 Å². The first kappa shape index (κ1) is 17.8. The Morgan fingerprint density at radius 2 is 1.64 bits per heavy atom. The zero-order valence-electron chi connectivity index (χ0n) is 13.5. The van der Waals surface area contributed by atoms with E-state index in [1.807, 2.05) is 60.7 Å². The Kier molecular flexibility index (Phi) is 5.99. The van der Waals surface area contributed by atoms with Gasteiger partial charge in [-0.25, -0.2) is 0 Å². The van der Waals surface area contributed by atoms with Crippen LogP contribution in [-0.2, 0) is 16.1 Å². The van der Waals surface area contributed by atoms with Crippen molar-refractivity contribution < 1.29 is 24.8 Å². The van der Waals surface area contributed by atoms with Gasteiger partial charge in [0.05, 0.1) is 6.61 Å². The second kappa shape index (κ2) is 8.40. The van der Waals surface area contributed by atoms with Crippen LogP contribution in [0.2, 0.25) is 0 Å². The third kappa shape index (κ3) is 4.35. The molecule has 0 aliphatic carbocycles. The van der Waals surface area contributed by atoms with Crippen molar-refractivity contribution in [2.75, 3.05) is 6.61 Å². The zero-order valence-corrected chi connectivity index (χ0v) is 14.3. The fourth-order valence-electron chi connectivity index (χ4n) is 2.48. The lowest BCUT2D eigenvalue weighted by Gasteiger charge is -2.33. The Morgan fingerprint density at radius 3 is 2.28 bits per heavy atom. The van der Waals surface area contributed by atoms with E-state index in [1.165, 1.54) is 11.8 Å². The Morgan fingerprint density at radius 1 is 1.00 bits per heavy atom. The minimum atomic E-state index is -1.22. The van der Waals surface area contributed by atoms with Crippen molar-refractivity contribution >= 4 is 11.8 Å². The SMILES string of the molecule is OCC1O[C@@H](Sc2ccccc2)C(O)=C(OCc2ccccc2)[C@@H]1O. The minimum Gasteiger partial charge on any atom is -0.506 e. The van der Waals surface area contributed by atoms with Gasteiger partial charge in [0, 0.05) is 4.90 Å². The predicted molar refractivity (Wildman–Crippen MR) is 94.9 cm³/mol. The van der Waals surface area contributed by atoms with Gasteiger partial charge in [0.1, 0.15) is 18.8 Å². The molecule has 0 fully saturated rings. The number of hydrogen-bond acceptors (Lipinski definition) is 6. The van der Waals surface area contributed by atoms with E-state index in [9.17, 15) is 15.3 Å². The molecule has 1 heterocycles. The number of thioether (sulfide) groups is 1. The van der Waals surface area contributed by atoms with Crippen LogP contribution < -0.4 is 0 Å². The smallest absolute Gasteiger partial charge is 0.173 e. The van der Waals surface area contributed by atoms with Crippen LogP contribution in [0.5, 0.6) is 0 Å². The van der Waals surface area contributed by atoms with Gasteiger partial charge in [-0.2, -0.15) is 0 Å². The molecule has 0 amide bonds. The van der Waals surface area contributed by atoms with Gasteiger partial charge in [-0.15, -0.1) is 0 Å². The molecule has 0 saturated heterocycles. The average molecular weight is 360 g/mol. The molecule has 25 heavy (non-hydrogen) atoms. The molecule has 5 nitrogen and oxygen atoms in total. The van der Waals surface area contributed by atoms with E-state index in [-0.39, 0.29) is 24.7 Å². The van der Waals surface area contributed by atoms with E-state index in [0.717, 1.165) is 10.5 Å². The third-order valence-electron chi connectivity index (χ3n) is 3.80. The standard InChI is InChI=1S/C19H20O5S/c20-11-15-16(21)18(23-12-13-7-3-1-4-8-13)17(22)19(24-15)25-14-9-5-2-6-10-14/h1-10,15-16,19-22H,11-12H2/t15?,16-,19+/m1/s1. The summed E-state index contributed by atoms with van der Waals surface area (Å²) < 4.78 is 11.3. The van der Waals surface area contributed by atoms with Crippen LogP contribution in [0.4, 0.5) is 0 Å². The van der Waals surface area contributed by atoms with Crippen molar-refractivity contribution in [1.29, 1.82) is 0 Å². The molecule has 0 spiro atoms. The van der Waals surface area contributed by atoms with Gasteiger partial charge < -0.3 is 24.8 Å². The van der Waals surface area contributed by atoms with Crippen molar-refractivity contribution in [1.82, 2.24) is 0 Å². The number of hydrogen-bond donors (Lipinski definition) is 3. The minimum absolute atomic E-state index is 0.0441. The van der Waals surface area contributed by atoms with E-state index in [0.29, 0.717) is 0 Å². The lowest BCUT2D eigenvalue weighted by atomic mass is 10.1. The summed E-state index contributed by atoms with van der Waals surface area (Å²) in [6.45, 7) is -0.170. The maximum absolute atomic E-state index is 10.5. The molecule has 2 aromatic rings. The van der Waals surface area contributed by atoms with Crippen LogP contribution in [0, 0.1) is 0 Å². The van der Waals surface area contributed by atoms with Gasteiger partial charge in [0.15, 0.2) is 17.0 Å². The topological polar surface area (TPSA) is 79.2 Å².